The summed E-state index contributed by atoms with van der Waals surface area (Å²) in [5, 5.41) is 3.12. The number of amides is 1. The molecule has 3 aliphatic carbocycles. The average molecular weight is 428 g/mol. The lowest BCUT2D eigenvalue weighted by Gasteiger charge is -2.70. The van der Waals surface area contributed by atoms with Gasteiger partial charge in [0, 0.05) is 24.2 Å². The third kappa shape index (κ3) is 3.23. The molecule has 1 N–H and O–H groups in total. The molecule has 2 heterocycles. The Bertz CT molecular complexity index is 1160. The first-order valence-corrected chi connectivity index (χ1v) is 10.1. The number of ether oxygens (including phenoxy) is 1. The van der Waals surface area contributed by atoms with Gasteiger partial charge in [-0.2, -0.15) is 0 Å². The molecule has 2 bridgehead atoms. The Morgan fingerprint density at radius 2 is 2.03 bits per heavy atom. The van der Waals surface area contributed by atoms with Gasteiger partial charge < -0.3 is 14.5 Å². The summed E-state index contributed by atoms with van der Waals surface area (Å²) in [4.78, 5) is 29.2. The van der Waals surface area contributed by atoms with Crippen molar-refractivity contribution in [2.75, 3.05) is 6.61 Å². The van der Waals surface area contributed by atoms with Crippen molar-refractivity contribution in [3.8, 4) is 5.75 Å². The van der Waals surface area contributed by atoms with E-state index in [4.69, 9.17) is 16.3 Å². The highest BCUT2D eigenvalue weighted by Crippen LogP contribution is 2.69. The minimum atomic E-state index is -0.579. The van der Waals surface area contributed by atoms with Crippen LogP contribution in [0, 0.1) is 11.2 Å². The molecule has 3 saturated carbocycles. The van der Waals surface area contributed by atoms with Crippen LogP contribution >= 0.6 is 11.6 Å². The van der Waals surface area contributed by atoms with E-state index in [1.165, 1.54) is 18.2 Å². The lowest BCUT2D eigenvalue weighted by molar-refractivity contribution is -0.162. The Hall–Kier alpha value is -2.93. The number of benzene rings is 1. The smallest absolute Gasteiger partial charge is 0.272 e. The van der Waals surface area contributed by atoms with Gasteiger partial charge in [0.25, 0.3) is 5.91 Å². The van der Waals surface area contributed by atoms with Crippen LogP contribution in [0.25, 0.3) is 5.52 Å². The summed E-state index contributed by atoms with van der Waals surface area (Å²) < 4.78 is 20.6. The Kier molecular flexibility index (Phi) is 4.32. The van der Waals surface area contributed by atoms with Gasteiger partial charge in [-0.25, -0.2) is 9.37 Å². The minimum Gasteiger partial charge on any atom is -0.486 e. The number of hydrogen-bond donors (Lipinski definition) is 1. The van der Waals surface area contributed by atoms with Crippen molar-refractivity contribution in [1.29, 1.82) is 0 Å². The van der Waals surface area contributed by atoms with Crippen LogP contribution in [-0.4, -0.2) is 33.2 Å². The molecule has 0 spiro atoms. The molecular weight excluding hydrogens is 409 g/mol. The van der Waals surface area contributed by atoms with Gasteiger partial charge in [0.2, 0.25) is 0 Å². The highest BCUT2D eigenvalue weighted by Gasteiger charge is 2.68. The van der Waals surface area contributed by atoms with Crippen LogP contribution in [0.15, 0.2) is 48.9 Å². The average Bonchev–Trinajstić information content (AvgIpc) is 3.10. The molecule has 0 unspecified atom stereocenters. The van der Waals surface area contributed by atoms with Gasteiger partial charge in [-0.05, 0) is 48.9 Å². The summed E-state index contributed by atoms with van der Waals surface area (Å²) >= 11 is 5.64. The van der Waals surface area contributed by atoms with E-state index in [1.807, 2.05) is 28.8 Å². The number of fused-ring (bicyclic) bond motifs is 1. The summed E-state index contributed by atoms with van der Waals surface area (Å²) in [5.74, 6) is -0.524. The van der Waals surface area contributed by atoms with Crippen LogP contribution in [0.5, 0.6) is 5.75 Å². The molecule has 2 aromatic heterocycles. The number of ketones is 1. The predicted molar refractivity (Wildman–Crippen MR) is 108 cm³/mol. The first-order valence-electron chi connectivity index (χ1n) is 9.71. The van der Waals surface area contributed by atoms with Crippen LogP contribution < -0.4 is 10.1 Å². The van der Waals surface area contributed by atoms with E-state index in [0.29, 0.717) is 12.1 Å². The number of nitrogens with zero attached hydrogens (tertiary/aromatic N) is 2. The number of carbonyl (C=O) groups excluding carboxylic acids is 2. The number of Topliss-reactive ketones (excluding diaryl/α,β-unsaturated/α-hetero) is 1. The van der Waals surface area contributed by atoms with Crippen LogP contribution in [0.3, 0.4) is 0 Å². The van der Waals surface area contributed by atoms with Gasteiger partial charge in [-0.3, -0.25) is 9.59 Å². The maximum absolute atomic E-state index is 13.4. The predicted octanol–water partition coefficient (Wildman–Crippen LogP) is 3.82. The van der Waals surface area contributed by atoms with Crippen LogP contribution in [-0.2, 0) is 4.79 Å². The fourth-order valence-corrected chi connectivity index (χ4v) is 5.05. The number of halogens is 2. The zero-order valence-electron chi connectivity index (χ0n) is 16.0. The van der Waals surface area contributed by atoms with Crippen LogP contribution in [0.4, 0.5) is 4.39 Å². The number of nitrogens with one attached hydrogen (secondary N) is 1. The van der Waals surface area contributed by atoms with Crippen molar-refractivity contribution in [1.82, 2.24) is 14.7 Å². The van der Waals surface area contributed by atoms with E-state index in [0.717, 1.165) is 24.8 Å². The zero-order valence-corrected chi connectivity index (χ0v) is 16.8. The molecule has 154 valence electrons. The van der Waals surface area contributed by atoms with E-state index in [1.54, 1.807) is 6.33 Å². The molecule has 1 aromatic carbocycles. The number of pyridine rings is 1. The molecule has 30 heavy (non-hydrogen) atoms. The Morgan fingerprint density at radius 3 is 2.80 bits per heavy atom. The molecule has 3 fully saturated rings. The summed E-state index contributed by atoms with van der Waals surface area (Å²) in [7, 11) is 0. The second-order valence-electron chi connectivity index (χ2n) is 8.43. The first kappa shape index (κ1) is 19.1. The Labute approximate surface area is 177 Å². The van der Waals surface area contributed by atoms with Gasteiger partial charge in [0.05, 0.1) is 10.5 Å². The van der Waals surface area contributed by atoms with Gasteiger partial charge in [0.1, 0.15) is 24.5 Å². The minimum absolute atomic E-state index is 0.0124. The topological polar surface area (TPSA) is 72.7 Å². The lowest BCUT2D eigenvalue weighted by atomic mass is 9.38. The summed E-state index contributed by atoms with van der Waals surface area (Å²) in [6, 6.07) is 9.70. The van der Waals surface area contributed by atoms with Crippen molar-refractivity contribution in [3.05, 3.63) is 65.5 Å². The molecule has 1 amide bonds. The summed E-state index contributed by atoms with van der Waals surface area (Å²) in [5.41, 5.74) is 0.883. The monoisotopic (exact) mass is 427 g/mol. The SMILES string of the molecule is O=C(COc1ccc(Cl)c(F)c1)CC12CC(NC(=O)c3ncn4ccccc34)(C1)C2. The molecule has 0 atom stereocenters. The lowest BCUT2D eigenvalue weighted by Crippen LogP contribution is -2.75. The van der Waals surface area contributed by atoms with Crippen LogP contribution in [0.2, 0.25) is 5.02 Å². The molecule has 3 aromatic rings. The third-order valence-corrected chi connectivity index (χ3v) is 6.35. The Morgan fingerprint density at radius 1 is 1.23 bits per heavy atom. The van der Waals surface area contributed by atoms with E-state index in [2.05, 4.69) is 10.3 Å². The molecule has 0 aliphatic heterocycles. The largest absolute Gasteiger partial charge is 0.486 e. The quantitative estimate of drug-likeness (QED) is 0.622. The van der Waals surface area contributed by atoms with Crippen molar-refractivity contribution >= 4 is 28.8 Å². The number of aromatic nitrogens is 2. The summed E-state index contributed by atoms with van der Waals surface area (Å²) in [6.45, 7) is -0.108. The molecule has 6 nitrogen and oxygen atoms in total. The van der Waals surface area contributed by atoms with Crippen molar-refractivity contribution < 1.29 is 18.7 Å². The standard InChI is InChI=1S/C22H19ClFN3O3/c23-16-5-4-15(7-17(16)24)30-9-14(28)8-21-10-22(11-21,12-21)26-20(29)19-18-3-1-2-6-27(18)13-25-19/h1-7,13H,8-12H2,(H,26,29). The van der Waals surface area contributed by atoms with E-state index >= 15 is 0 Å². The summed E-state index contributed by atoms with van der Waals surface area (Å²) in [6.07, 6.45) is 6.20. The number of hydrogen-bond acceptors (Lipinski definition) is 4. The van der Waals surface area contributed by atoms with Crippen molar-refractivity contribution in [2.45, 2.75) is 31.2 Å². The van der Waals surface area contributed by atoms with Crippen molar-refractivity contribution in [3.63, 3.8) is 0 Å². The molecule has 0 radical (unpaired) electrons. The maximum Gasteiger partial charge on any atom is 0.272 e. The van der Waals surface area contributed by atoms with Gasteiger partial charge in [-0.15, -0.1) is 0 Å². The van der Waals surface area contributed by atoms with Gasteiger partial charge in [-0.1, -0.05) is 17.7 Å². The highest BCUT2D eigenvalue weighted by molar-refractivity contribution is 6.30. The molecular formula is C22H19ClFN3O3. The second kappa shape index (κ2) is 6.80. The Balaban J connectivity index is 1.13. The highest BCUT2D eigenvalue weighted by atomic mass is 35.5. The van der Waals surface area contributed by atoms with E-state index in [9.17, 15) is 14.0 Å². The van der Waals surface area contributed by atoms with Gasteiger partial charge >= 0.3 is 0 Å². The van der Waals surface area contributed by atoms with E-state index < -0.39 is 5.82 Å². The fourth-order valence-electron chi connectivity index (χ4n) is 4.94. The molecule has 3 aliphatic rings. The normalized spacial score (nSPS) is 24.1. The van der Waals surface area contributed by atoms with Gasteiger partial charge in [0.15, 0.2) is 11.5 Å². The zero-order chi connectivity index (χ0) is 20.9. The van der Waals surface area contributed by atoms with E-state index in [-0.39, 0.29) is 40.0 Å². The van der Waals surface area contributed by atoms with Crippen LogP contribution in [0.1, 0.15) is 36.2 Å². The van der Waals surface area contributed by atoms with Crippen molar-refractivity contribution in [2.24, 2.45) is 5.41 Å². The third-order valence-electron chi connectivity index (χ3n) is 6.04. The number of rotatable bonds is 7. The first-order chi connectivity index (χ1) is 14.4. The second-order valence-corrected chi connectivity index (χ2v) is 8.84. The molecule has 6 rings (SSSR count). The number of imidazole rings is 1. The molecule has 0 saturated heterocycles. The number of carbonyl (C=O) groups is 2. The fraction of sp³-hybridized carbons (Fsp3) is 0.318. The molecule has 8 heteroatoms. The maximum atomic E-state index is 13.4.